The van der Waals surface area contributed by atoms with Gasteiger partial charge in [-0.15, -0.1) is 0 Å². The third-order valence-corrected chi connectivity index (χ3v) is 3.35. The summed E-state index contributed by atoms with van der Waals surface area (Å²) in [6, 6.07) is 0.562. The van der Waals surface area contributed by atoms with Crippen molar-refractivity contribution in [2.24, 2.45) is 11.8 Å². The molecule has 2 unspecified atom stereocenters. The lowest BCUT2D eigenvalue weighted by atomic mass is 9.95. The van der Waals surface area contributed by atoms with Crippen molar-refractivity contribution in [3.8, 4) is 0 Å². The van der Waals surface area contributed by atoms with Crippen LogP contribution < -0.4 is 5.32 Å². The van der Waals surface area contributed by atoms with Crippen molar-refractivity contribution in [3.63, 3.8) is 0 Å². The predicted molar refractivity (Wildman–Crippen MR) is 69.7 cm³/mol. The minimum Gasteiger partial charge on any atom is -0.377 e. The normalized spacial score (nSPS) is 20.1. The van der Waals surface area contributed by atoms with E-state index in [-0.39, 0.29) is 0 Å². The second-order valence-electron chi connectivity index (χ2n) is 5.40. The molecule has 0 aromatic rings. The van der Waals surface area contributed by atoms with E-state index < -0.39 is 0 Å². The smallest absolute Gasteiger partial charge is 0.0750 e. The van der Waals surface area contributed by atoms with Crippen LogP contribution in [0.5, 0.6) is 0 Å². The van der Waals surface area contributed by atoms with Gasteiger partial charge in [0, 0.05) is 12.6 Å². The Morgan fingerprint density at radius 3 is 2.38 bits per heavy atom. The first-order valence-electron chi connectivity index (χ1n) is 7.04. The van der Waals surface area contributed by atoms with Crippen LogP contribution in [0.3, 0.4) is 0 Å². The number of nitrogens with one attached hydrogen (secondary N) is 1. The molecule has 2 heteroatoms. The molecule has 2 nitrogen and oxygen atoms in total. The van der Waals surface area contributed by atoms with E-state index in [0.29, 0.717) is 18.1 Å². The lowest BCUT2D eigenvalue weighted by Gasteiger charge is -2.31. The summed E-state index contributed by atoms with van der Waals surface area (Å²) in [6.07, 6.45) is 5.76. The van der Waals surface area contributed by atoms with Crippen molar-refractivity contribution < 1.29 is 4.74 Å². The van der Waals surface area contributed by atoms with Crippen molar-refractivity contribution in [3.05, 3.63) is 0 Å². The molecule has 2 atom stereocenters. The van der Waals surface area contributed by atoms with E-state index in [1.807, 2.05) is 0 Å². The first-order chi connectivity index (χ1) is 7.69. The van der Waals surface area contributed by atoms with Crippen LogP contribution in [0.25, 0.3) is 0 Å². The summed E-state index contributed by atoms with van der Waals surface area (Å²) in [5.74, 6) is 1.57. The van der Waals surface area contributed by atoms with Gasteiger partial charge in [-0.2, -0.15) is 0 Å². The Hall–Kier alpha value is -0.0800. The van der Waals surface area contributed by atoms with Crippen LogP contribution in [-0.2, 0) is 4.74 Å². The molecule has 0 aromatic heterocycles. The van der Waals surface area contributed by atoms with E-state index in [1.165, 1.54) is 25.7 Å². The average molecular weight is 227 g/mol. The molecular weight excluding hydrogens is 198 g/mol. The molecule has 0 radical (unpaired) electrons. The standard InChI is InChI=1S/C14H29NO/c1-5-9-15-13(10-12-7-8-12)14(11(3)4)16-6-2/h11-15H,5-10H2,1-4H3. The first kappa shape index (κ1) is 14.0. The van der Waals surface area contributed by atoms with Gasteiger partial charge >= 0.3 is 0 Å². The monoisotopic (exact) mass is 227 g/mol. The Morgan fingerprint density at radius 1 is 1.25 bits per heavy atom. The van der Waals surface area contributed by atoms with Crippen molar-refractivity contribution >= 4 is 0 Å². The second kappa shape index (κ2) is 7.29. The number of hydrogen-bond acceptors (Lipinski definition) is 2. The van der Waals surface area contributed by atoms with E-state index in [9.17, 15) is 0 Å². The maximum absolute atomic E-state index is 5.93. The van der Waals surface area contributed by atoms with E-state index in [0.717, 1.165) is 19.1 Å². The molecule has 1 N–H and O–H groups in total. The summed E-state index contributed by atoms with van der Waals surface area (Å²) >= 11 is 0. The molecule has 0 saturated heterocycles. The summed E-state index contributed by atoms with van der Waals surface area (Å²) in [6.45, 7) is 10.8. The molecule has 1 aliphatic carbocycles. The molecule has 0 bridgehead atoms. The van der Waals surface area contributed by atoms with Gasteiger partial charge in [0.15, 0.2) is 0 Å². The quantitative estimate of drug-likeness (QED) is 0.653. The maximum atomic E-state index is 5.93. The van der Waals surface area contributed by atoms with Gasteiger partial charge in [-0.05, 0) is 38.1 Å². The van der Waals surface area contributed by atoms with Gasteiger partial charge in [-0.25, -0.2) is 0 Å². The van der Waals surface area contributed by atoms with E-state index in [4.69, 9.17) is 4.74 Å². The highest BCUT2D eigenvalue weighted by molar-refractivity contribution is 4.86. The fourth-order valence-corrected chi connectivity index (χ4v) is 2.34. The van der Waals surface area contributed by atoms with Gasteiger partial charge < -0.3 is 10.1 Å². The molecule has 1 rings (SSSR count). The lowest BCUT2D eigenvalue weighted by molar-refractivity contribution is 0.000208. The fourth-order valence-electron chi connectivity index (χ4n) is 2.34. The molecule has 0 spiro atoms. The van der Waals surface area contributed by atoms with Crippen molar-refractivity contribution in [2.75, 3.05) is 13.2 Å². The third-order valence-electron chi connectivity index (χ3n) is 3.35. The minimum atomic E-state index is 0.386. The third kappa shape index (κ3) is 4.84. The molecule has 0 aromatic carbocycles. The molecule has 0 aliphatic heterocycles. The maximum Gasteiger partial charge on any atom is 0.0750 e. The van der Waals surface area contributed by atoms with Gasteiger partial charge in [0.1, 0.15) is 0 Å². The summed E-state index contributed by atoms with van der Waals surface area (Å²) < 4.78 is 5.93. The van der Waals surface area contributed by atoms with Crippen LogP contribution in [0.15, 0.2) is 0 Å². The Kier molecular flexibility index (Phi) is 6.37. The van der Waals surface area contributed by atoms with Crippen molar-refractivity contribution in [1.29, 1.82) is 0 Å². The number of rotatable bonds is 9. The van der Waals surface area contributed by atoms with Crippen LogP contribution in [0.4, 0.5) is 0 Å². The largest absolute Gasteiger partial charge is 0.377 e. The Morgan fingerprint density at radius 2 is 1.94 bits per heavy atom. The molecule has 1 aliphatic rings. The zero-order valence-electron chi connectivity index (χ0n) is 11.5. The Bertz CT molecular complexity index is 178. The minimum absolute atomic E-state index is 0.386. The first-order valence-corrected chi connectivity index (χ1v) is 7.04. The van der Waals surface area contributed by atoms with Gasteiger partial charge in [-0.1, -0.05) is 33.6 Å². The number of ether oxygens (including phenoxy) is 1. The molecule has 1 saturated carbocycles. The molecular formula is C14H29NO. The highest BCUT2D eigenvalue weighted by Gasteiger charge is 2.31. The van der Waals surface area contributed by atoms with Crippen LogP contribution in [0, 0.1) is 11.8 Å². The summed E-state index contributed by atoms with van der Waals surface area (Å²) in [7, 11) is 0. The lowest BCUT2D eigenvalue weighted by Crippen LogP contribution is -2.45. The van der Waals surface area contributed by atoms with Crippen LogP contribution in [0.1, 0.15) is 53.4 Å². The molecule has 96 valence electrons. The zero-order valence-corrected chi connectivity index (χ0v) is 11.5. The van der Waals surface area contributed by atoms with E-state index in [2.05, 4.69) is 33.0 Å². The van der Waals surface area contributed by atoms with Gasteiger partial charge in [0.25, 0.3) is 0 Å². The van der Waals surface area contributed by atoms with Gasteiger partial charge in [-0.3, -0.25) is 0 Å². The van der Waals surface area contributed by atoms with Crippen molar-refractivity contribution in [2.45, 2.75) is 65.5 Å². The van der Waals surface area contributed by atoms with Gasteiger partial charge in [0.2, 0.25) is 0 Å². The second-order valence-corrected chi connectivity index (χ2v) is 5.40. The summed E-state index contributed by atoms with van der Waals surface area (Å²) in [4.78, 5) is 0. The predicted octanol–water partition coefficient (Wildman–Crippen LogP) is 3.22. The van der Waals surface area contributed by atoms with E-state index in [1.54, 1.807) is 0 Å². The zero-order chi connectivity index (χ0) is 12.0. The van der Waals surface area contributed by atoms with Crippen LogP contribution in [0.2, 0.25) is 0 Å². The van der Waals surface area contributed by atoms with Crippen LogP contribution >= 0.6 is 0 Å². The number of hydrogen-bond donors (Lipinski definition) is 1. The fraction of sp³-hybridized carbons (Fsp3) is 1.00. The molecule has 16 heavy (non-hydrogen) atoms. The topological polar surface area (TPSA) is 21.3 Å². The van der Waals surface area contributed by atoms with Crippen LogP contribution in [-0.4, -0.2) is 25.3 Å². The Labute approximate surface area is 101 Å². The summed E-state index contributed by atoms with van der Waals surface area (Å²) in [5, 5.41) is 3.68. The highest BCUT2D eigenvalue weighted by Crippen LogP contribution is 2.35. The highest BCUT2D eigenvalue weighted by atomic mass is 16.5. The SMILES string of the molecule is CCCNC(CC1CC1)C(OCC)C(C)C. The van der Waals surface area contributed by atoms with E-state index >= 15 is 0 Å². The molecule has 1 fully saturated rings. The van der Waals surface area contributed by atoms with Crippen molar-refractivity contribution in [1.82, 2.24) is 5.32 Å². The van der Waals surface area contributed by atoms with Gasteiger partial charge in [0.05, 0.1) is 6.10 Å². The Balaban J connectivity index is 2.46. The molecule has 0 heterocycles. The molecule has 0 amide bonds. The summed E-state index contributed by atoms with van der Waals surface area (Å²) in [5.41, 5.74) is 0. The average Bonchev–Trinajstić information content (AvgIpc) is 3.04.